The van der Waals surface area contributed by atoms with Crippen molar-refractivity contribution in [3.63, 3.8) is 0 Å². The number of ether oxygens (including phenoxy) is 3. The Morgan fingerprint density at radius 2 is 1.26 bits per heavy atom. The summed E-state index contributed by atoms with van der Waals surface area (Å²) < 4.78 is 22.7. The molecule has 1 aromatic heterocycles. The number of rotatable bonds is 25. The molecule has 0 aliphatic carbocycles. The quantitative estimate of drug-likeness (QED) is 0.0752. The summed E-state index contributed by atoms with van der Waals surface area (Å²) in [6, 6.07) is 1.46. The van der Waals surface area contributed by atoms with Gasteiger partial charge >= 0.3 is 5.69 Å². The second-order valence-electron chi connectivity index (χ2n) is 15.3. The largest absolute Gasteiger partial charge is 0.349 e. The van der Waals surface area contributed by atoms with Crippen LogP contribution in [-0.2, 0) is 20.8 Å². The number of aromatic nitrogens is 2. The molecule has 2 aliphatic heterocycles. The topological polar surface area (TPSA) is 71.7 Å². The lowest BCUT2D eigenvalue weighted by Crippen LogP contribution is -2.43. The van der Waals surface area contributed by atoms with E-state index in [2.05, 4.69) is 60.6 Å². The highest BCUT2D eigenvalue weighted by atomic mass is 16.8. The molecule has 50 heavy (non-hydrogen) atoms. The summed E-state index contributed by atoms with van der Waals surface area (Å²) in [4.78, 5) is 26.7. The van der Waals surface area contributed by atoms with E-state index >= 15 is 0 Å². The van der Waals surface area contributed by atoms with Gasteiger partial charge in [0.1, 0.15) is 12.2 Å². The van der Waals surface area contributed by atoms with E-state index in [1.165, 1.54) is 103 Å². The van der Waals surface area contributed by atoms with Crippen molar-refractivity contribution in [2.24, 2.45) is 0 Å². The number of nitrogens with zero attached hydrogens (tertiary/aromatic N) is 2. The van der Waals surface area contributed by atoms with Crippen molar-refractivity contribution in [1.29, 1.82) is 0 Å². The molecule has 0 bridgehead atoms. The van der Waals surface area contributed by atoms with Crippen LogP contribution in [0.1, 0.15) is 176 Å². The molecule has 3 heterocycles. The highest BCUT2D eigenvalue weighted by Crippen LogP contribution is 2.46. The highest BCUT2D eigenvalue weighted by molar-refractivity contribution is 5.06. The van der Waals surface area contributed by atoms with Crippen molar-refractivity contribution in [2.75, 3.05) is 0 Å². The van der Waals surface area contributed by atoms with Gasteiger partial charge in [0.15, 0.2) is 12.0 Å². The van der Waals surface area contributed by atoms with Crippen molar-refractivity contribution in [1.82, 2.24) is 9.13 Å². The summed E-state index contributed by atoms with van der Waals surface area (Å²) in [7, 11) is 0. The van der Waals surface area contributed by atoms with Crippen molar-refractivity contribution in [3.8, 4) is 0 Å². The maximum absolute atomic E-state index is 13.8. The first-order chi connectivity index (χ1) is 24.1. The molecule has 4 atom stereocenters. The molecule has 0 saturated carbocycles. The van der Waals surface area contributed by atoms with Gasteiger partial charge in [-0.3, -0.25) is 13.9 Å². The van der Waals surface area contributed by atoms with Gasteiger partial charge in [-0.05, 0) is 73.1 Å². The van der Waals surface area contributed by atoms with Crippen LogP contribution >= 0.6 is 0 Å². The Kier molecular flexibility index (Phi) is 19.1. The van der Waals surface area contributed by atoms with E-state index in [1.54, 1.807) is 6.20 Å². The Hall–Kier alpha value is -2.22. The summed E-state index contributed by atoms with van der Waals surface area (Å²) in [5, 5.41) is 0. The molecule has 283 valence electrons. The first-order valence-electron chi connectivity index (χ1n) is 20.2. The molecule has 7 nitrogen and oxygen atoms in total. The second kappa shape index (κ2) is 22.7. The van der Waals surface area contributed by atoms with Gasteiger partial charge in [0.25, 0.3) is 5.56 Å². The van der Waals surface area contributed by atoms with Crippen LogP contribution in [0.25, 0.3) is 0 Å². The average molecular weight is 696 g/mol. The third-order valence-electron chi connectivity index (χ3n) is 10.4. The second-order valence-corrected chi connectivity index (χ2v) is 15.3. The highest BCUT2D eigenvalue weighted by Gasteiger charge is 2.57. The fourth-order valence-electron chi connectivity index (χ4n) is 7.27. The van der Waals surface area contributed by atoms with Gasteiger partial charge in [-0.1, -0.05) is 126 Å². The van der Waals surface area contributed by atoms with E-state index in [0.717, 1.165) is 56.9 Å². The number of hydrogen-bond donors (Lipinski definition) is 0. The zero-order chi connectivity index (χ0) is 36.4. The van der Waals surface area contributed by atoms with E-state index < -0.39 is 29.9 Å². The Bertz CT molecular complexity index is 1320. The van der Waals surface area contributed by atoms with Crippen LogP contribution in [0.5, 0.6) is 0 Å². The minimum atomic E-state index is -0.698. The zero-order valence-electron chi connectivity index (χ0n) is 32.7. The lowest BCUT2D eigenvalue weighted by molar-refractivity contribution is -0.222. The summed E-state index contributed by atoms with van der Waals surface area (Å²) in [6.07, 6.45) is 29.0. The van der Waals surface area contributed by atoms with Gasteiger partial charge in [0, 0.05) is 31.6 Å². The molecule has 7 heteroatoms. The Morgan fingerprint density at radius 3 is 1.84 bits per heavy atom. The number of hydrogen-bond acceptors (Lipinski definition) is 5. The van der Waals surface area contributed by atoms with E-state index in [1.807, 2.05) is 6.08 Å². The van der Waals surface area contributed by atoms with Crippen molar-refractivity contribution >= 4 is 0 Å². The van der Waals surface area contributed by atoms with E-state index in [0.29, 0.717) is 0 Å². The smallest absolute Gasteiger partial charge is 0.333 e. The van der Waals surface area contributed by atoms with Crippen LogP contribution in [0, 0.1) is 6.92 Å². The van der Waals surface area contributed by atoms with Crippen LogP contribution < -0.4 is 11.2 Å². The Balaban J connectivity index is 1.68. The van der Waals surface area contributed by atoms with Crippen LogP contribution in [0.3, 0.4) is 0 Å². The fourth-order valence-corrected chi connectivity index (χ4v) is 7.27. The summed E-state index contributed by atoms with van der Waals surface area (Å²) in [5.41, 5.74) is 3.19. The summed E-state index contributed by atoms with van der Waals surface area (Å²) in [5.74, 6) is -0.684. The van der Waals surface area contributed by atoms with Crippen LogP contribution in [0.15, 0.2) is 56.8 Å². The third kappa shape index (κ3) is 13.7. The van der Waals surface area contributed by atoms with Gasteiger partial charge in [0.05, 0.1) is 6.10 Å². The minimum absolute atomic E-state index is 0.222. The molecule has 2 aliphatic rings. The molecule has 3 rings (SSSR count). The molecule has 0 spiro atoms. The SMILES string of the molecule is [CH2][C@H]1O[C@@H](n2ccc(=O)n(C/C=C(\C)CC/C=C(\C)CCC=C(C)C)c2=O)[C@@H]2OC(CCCCCCCCC)(CCCCCCCCC)O[C@@H]21. The van der Waals surface area contributed by atoms with E-state index in [-0.39, 0.29) is 18.2 Å². The lowest BCUT2D eigenvalue weighted by Gasteiger charge is -2.31. The first kappa shape index (κ1) is 42.2. The van der Waals surface area contributed by atoms with E-state index in [9.17, 15) is 9.59 Å². The minimum Gasteiger partial charge on any atom is -0.349 e. The van der Waals surface area contributed by atoms with E-state index in [4.69, 9.17) is 14.2 Å². The predicted octanol–water partition coefficient (Wildman–Crippen LogP) is 10.9. The number of unbranched alkanes of at least 4 members (excludes halogenated alkanes) is 12. The molecule has 2 saturated heterocycles. The van der Waals surface area contributed by atoms with Crippen LogP contribution in [-0.4, -0.2) is 33.2 Å². The molecule has 0 amide bonds. The van der Waals surface area contributed by atoms with Gasteiger partial charge in [-0.25, -0.2) is 4.79 Å². The summed E-state index contributed by atoms with van der Waals surface area (Å²) >= 11 is 0. The Morgan fingerprint density at radius 1 is 0.740 bits per heavy atom. The first-order valence-corrected chi connectivity index (χ1v) is 20.2. The lowest BCUT2D eigenvalue weighted by atomic mass is 9.98. The molecular weight excluding hydrogens is 624 g/mol. The molecule has 0 N–H and O–H groups in total. The number of allylic oxidation sites excluding steroid dienone is 6. The molecule has 1 radical (unpaired) electrons. The van der Waals surface area contributed by atoms with Gasteiger partial charge in [-0.15, -0.1) is 0 Å². The Labute approximate surface area is 304 Å². The van der Waals surface area contributed by atoms with Crippen LogP contribution in [0.2, 0.25) is 0 Å². The molecule has 0 unspecified atom stereocenters. The molecule has 2 fully saturated rings. The molecular formula is C43H71N2O5. The standard InChI is InChI=1S/C43H71N2O5/c1-8-10-12-14-16-18-20-30-43(31-21-19-17-15-13-11-9-2)49-39-37(7)48-41(40(39)50-43)45-33-29-38(46)44(42(45)47)32-28-36(6)27-23-26-35(5)25-22-24-34(3)4/h24,26,28-29,33,37,39-41H,7-23,25,27,30-32H2,1-6H3/b35-26+,36-28+/t37-,39-,40-,41-/m1/s1. The van der Waals surface area contributed by atoms with Crippen molar-refractivity contribution < 1.29 is 14.2 Å². The maximum atomic E-state index is 13.8. The van der Waals surface area contributed by atoms with Crippen molar-refractivity contribution in [3.05, 3.63) is 75.0 Å². The van der Waals surface area contributed by atoms with Gasteiger partial charge in [0.2, 0.25) is 0 Å². The third-order valence-corrected chi connectivity index (χ3v) is 10.4. The monoisotopic (exact) mass is 696 g/mol. The fraction of sp³-hybridized carbons (Fsp3) is 0.744. The van der Waals surface area contributed by atoms with Gasteiger partial charge < -0.3 is 14.2 Å². The van der Waals surface area contributed by atoms with Crippen LogP contribution in [0.4, 0.5) is 0 Å². The normalized spacial score (nSPS) is 21.9. The van der Waals surface area contributed by atoms with Gasteiger partial charge in [-0.2, -0.15) is 0 Å². The zero-order valence-corrected chi connectivity index (χ0v) is 32.7. The molecule has 0 aromatic carbocycles. The maximum Gasteiger partial charge on any atom is 0.333 e. The average Bonchev–Trinajstić information content (AvgIpc) is 3.59. The summed E-state index contributed by atoms with van der Waals surface area (Å²) in [6.45, 7) is 17.5. The number of fused-ring (bicyclic) bond motifs is 1. The van der Waals surface area contributed by atoms with Crippen molar-refractivity contribution in [2.45, 2.75) is 207 Å². The molecule has 1 aromatic rings. The predicted molar refractivity (Wildman–Crippen MR) is 207 cm³/mol.